The Balaban J connectivity index is 1.50. The Hall–Kier alpha value is -0.790. The summed E-state index contributed by atoms with van der Waals surface area (Å²) in [7, 11) is 0. The first-order valence-electron chi connectivity index (χ1n) is 14.5. The topological polar surface area (TPSA) is 26.3 Å². The van der Waals surface area contributed by atoms with Gasteiger partial charge >= 0.3 is 5.97 Å². The Morgan fingerprint density at radius 1 is 0.765 bits per heavy atom. The molecule has 0 unspecified atom stereocenters. The summed E-state index contributed by atoms with van der Waals surface area (Å²) in [5, 5.41) is 0. The molecular weight excluding hydrogens is 416 g/mol. The third kappa shape index (κ3) is 3.08. The van der Waals surface area contributed by atoms with Crippen LogP contribution in [-0.4, -0.2) is 12.1 Å². The first-order valence-corrected chi connectivity index (χ1v) is 14.5. The maximum atomic E-state index is 11.9. The van der Waals surface area contributed by atoms with Crippen LogP contribution in [0.15, 0.2) is 12.2 Å². The van der Waals surface area contributed by atoms with Gasteiger partial charge in [0.05, 0.1) is 0 Å². The number of carbonyl (C=O) groups is 1. The predicted octanol–water partition coefficient (Wildman–Crippen LogP) is 8.60. The molecule has 0 heterocycles. The molecule has 0 aliphatic heterocycles. The number of hydrogen-bond donors (Lipinski definition) is 0. The molecule has 0 saturated heterocycles. The van der Waals surface area contributed by atoms with Gasteiger partial charge in [0.2, 0.25) is 0 Å². The average molecular weight is 469 g/mol. The fourth-order valence-corrected chi connectivity index (χ4v) is 11.9. The van der Waals surface area contributed by atoms with Gasteiger partial charge in [0, 0.05) is 12.3 Å². The lowest BCUT2D eigenvalue weighted by atomic mass is 9.32. The molecule has 0 aromatic carbocycles. The normalized spacial score (nSPS) is 53.6. The van der Waals surface area contributed by atoms with Crippen LogP contribution in [0.3, 0.4) is 0 Å². The van der Waals surface area contributed by atoms with E-state index in [0.29, 0.717) is 27.6 Å². The average Bonchev–Trinajstić information content (AvgIpc) is 3.08. The lowest BCUT2D eigenvalue weighted by Gasteiger charge is -2.73. The molecule has 0 bridgehead atoms. The summed E-state index contributed by atoms with van der Waals surface area (Å²) in [5.41, 5.74) is 3.23. The van der Waals surface area contributed by atoms with Crippen molar-refractivity contribution in [1.82, 2.24) is 0 Å². The Kier molecular flexibility index (Phi) is 5.57. The molecule has 5 rings (SSSR count). The van der Waals surface area contributed by atoms with Crippen molar-refractivity contribution in [1.29, 1.82) is 0 Å². The van der Waals surface area contributed by atoms with Crippen LogP contribution in [0.2, 0.25) is 0 Å². The maximum Gasteiger partial charge on any atom is 0.302 e. The number of fused-ring (bicyclic) bond motifs is 7. The molecule has 0 spiro atoms. The SMILES string of the molecule is C=C(C)[C@@H]1CC[C@]2(C)CC[C@]3(C)[C@@H](CC[C@@H]4[C@@]5(C)CC[C@@H](OC(C)=O)C(C)(C)[C@@H]5CC[C@]43C)[C@@H]12. The van der Waals surface area contributed by atoms with Crippen LogP contribution >= 0.6 is 0 Å². The molecule has 2 nitrogen and oxygen atoms in total. The van der Waals surface area contributed by atoms with Crippen molar-refractivity contribution in [2.45, 2.75) is 126 Å². The van der Waals surface area contributed by atoms with Crippen LogP contribution in [0, 0.1) is 56.7 Å². The number of allylic oxidation sites excluding steroid dienone is 1. The molecule has 10 atom stereocenters. The standard InChI is InChI=1S/C32H52O2/c1-20(2)22-12-15-29(6)18-19-31(8)23(27(22)29)10-11-25-30(7)16-14-26(34-21(3)33)28(4,5)24(30)13-17-32(25,31)9/h22-27H,1,10-19H2,2-9H3/t22-,23-,24-,25+,26+,27+,29+,30-,31+,32+/m0/s1. The molecule has 0 amide bonds. The number of hydrogen-bond acceptors (Lipinski definition) is 2. The van der Waals surface area contributed by atoms with Gasteiger partial charge in [-0.05, 0) is 122 Å². The second kappa shape index (κ2) is 7.61. The van der Waals surface area contributed by atoms with Crippen molar-refractivity contribution in [2.24, 2.45) is 56.7 Å². The highest BCUT2D eigenvalue weighted by Gasteiger charge is 2.70. The molecule has 192 valence electrons. The van der Waals surface area contributed by atoms with Crippen molar-refractivity contribution in [3.8, 4) is 0 Å². The monoisotopic (exact) mass is 468 g/mol. The summed E-state index contributed by atoms with van der Waals surface area (Å²) in [6.07, 6.45) is 13.4. The molecule has 5 aliphatic carbocycles. The zero-order valence-corrected chi connectivity index (χ0v) is 23.6. The fourth-order valence-electron chi connectivity index (χ4n) is 11.9. The summed E-state index contributed by atoms with van der Waals surface area (Å²) < 4.78 is 5.91. The second-order valence-electron chi connectivity index (χ2n) is 15.3. The van der Waals surface area contributed by atoms with E-state index in [1.54, 1.807) is 6.92 Å². The predicted molar refractivity (Wildman–Crippen MR) is 140 cm³/mol. The number of ether oxygens (including phenoxy) is 1. The molecular formula is C32H52O2. The molecule has 2 heteroatoms. The van der Waals surface area contributed by atoms with Crippen LogP contribution < -0.4 is 0 Å². The van der Waals surface area contributed by atoms with Crippen molar-refractivity contribution < 1.29 is 9.53 Å². The summed E-state index contributed by atoms with van der Waals surface area (Å²) in [6.45, 7) is 23.9. The van der Waals surface area contributed by atoms with E-state index >= 15 is 0 Å². The van der Waals surface area contributed by atoms with E-state index < -0.39 is 0 Å². The quantitative estimate of drug-likeness (QED) is 0.299. The summed E-state index contributed by atoms with van der Waals surface area (Å²) in [5.74, 6) is 3.74. The van der Waals surface area contributed by atoms with Gasteiger partial charge in [-0.15, -0.1) is 0 Å². The van der Waals surface area contributed by atoms with Crippen molar-refractivity contribution in [3.63, 3.8) is 0 Å². The number of rotatable bonds is 2. The van der Waals surface area contributed by atoms with E-state index in [-0.39, 0.29) is 17.5 Å². The van der Waals surface area contributed by atoms with Gasteiger partial charge in [0.15, 0.2) is 0 Å². The third-order valence-corrected chi connectivity index (χ3v) is 13.7. The Morgan fingerprint density at radius 2 is 1.47 bits per heavy atom. The zero-order valence-electron chi connectivity index (χ0n) is 23.6. The Labute approximate surface area is 210 Å². The van der Waals surface area contributed by atoms with Gasteiger partial charge in [-0.1, -0.05) is 53.7 Å². The Morgan fingerprint density at radius 3 is 2.12 bits per heavy atom. The van der Waals surface area contributed by atoms with E-state index in [0.717, 1.165) is 30.1 Å². The second-order valence-corrected chi connectivity index (χ2v) is 15.3. The molecule has 0 N–H and O–H groups in total. The highest BCUT2D eigenvalue weighted by atomic mass is 16.5. The summed E-state index contributed by atoms with van der Waals surface area (Å²) >= 11 is 0. The molecule has 0 aromatic heterocycles. The smallest absolute Gasteiger partial charge is 0.302 e. The minimum Gasteiger partial charge on any atom is -0.462 e. The van der Waals surface area contributed by atoms with Crippen LogP contribution in [0.25, 0.3) is 0 Å². The van der Waals surface area contributed by atoms with E-state index in [1.165, 1.54) is 63.4 Å². The molecule has 34 heavy (non-hydrogen) atoms. The van der Waals surface area contributed by atoms with Gasteiger partial charge in [0.1, 0.15) is 6.10 Å². The van der Waals surface area contributed by atoms with Crippen molar-refractivity contribution >= 4 is 5.97 Å². The van der Waals surface area contributed by atoms with Gasteiger partial charge in [-0.3, -0.25) is 4.79 Å². The van der Waals surface area contributed by atoms with E-state index in [4.69, 9.17) is 4.74 Å². The molecule has 5 saturated carbocycles. The largest absolute Gasteiger partial charge is 0.462 e. The first kappa shape index (κ1) is 24.9. The van der Waals surface area contributed by atoms with Gasteiger partial charge in [-0.2, -0.15) is 0 Å². The van der Waals surface area contributed by atoms with Crippen LogP contribution in [0.5, 0.6) is 0 Å². The van der Waals surface area contributed by atoms with Crippen LogP contribution in [-0.2, 0) is 9.53 Å². The lowest BCUT2D eigenvalue weighted by molar-refractivity contribution is -0.248. The van der Waals surface area contributed by atoms with E-state index in [2.05, 4.69) is 55.0 Å². The highest BCUT2D eigenvalue weighted by Crippen LogP contribution is 2.77. The van der Waals surface area contributed by atoms with Gasteiger partial charge < -0.3 is 4.74 Å². The molecule has 5 aliphatic rings. The fraction of sp³-hybridized carbons (Fsp3) is 0.906. The molecule has 5 fully saturated rings. The third-order valence-electron chi connectivity index (χ3n) is 13.7. The number of carbonyl (C=O) groups excluding carboxylic acids is 1. The van der Waals surface area contributed by atoms with Gasteiger partial charge in [0.25, 0.3) is 0 Å². The van der Waals surface area contributed by atoms with E-state index in [9.17, 15) is 4.79 Å². The first-order chi connectivity index (χ1) is 15.7. The van der Waals surface area contributed by atoms with Gasteiger partial charge in [-0.25, -0.2) is 0 Å². The minimum absolute atomic E-state index is 0.0550. The maximum absolute atomic E-state index is 11.9. The van der Waals surface area contributed by atoms with E-state index in [1.807, 2.05) is 0 Å². The number of esters is 1. The minimum atomic E-state index is -0.107. The zero-order chi connectivity index (χ0) is 24.9. The molecule has 0 aromatic rings. The summed E-state index contributed by atoms with van der Waals surface area (Å²) in [6, 6.07) is 0. The Bertz CT molecular complexity index is 872. The van der Waals surface area contributed by atoms with Crippen molar-refractivity contribution in [2.75, 3.05) is 0 Å². The summed E-state index contributed by atoms with van der Waals surface area (Å²) in [4.78, 5) is 11.9. The highest BCUT2D eigenvalue weighted by molar-refractivity contribution is 5.66. The van der Waals surface area contributed by atoms with Crippen molar-refractivity contribution in [3.05, 3.63) is 12.2 Å². The van der Waals surface area contributed by atoms with Crippen LogP contribution in [0.1, 0.15) is 120 Å². The van der Waals surface area contributed by atoms with Crippen LogP contribution in [0.4, 0.5) is 0 Å². The lowest BCUT2D eigenvalue weighted by Crippen LogP contribution is -2.66. The molecule has 0 radical (unpaired) electrons.